The number of carboxylic acid groups (broad SMARTS) is 1. The molecule has 0 spiro atoms. The minimum Gasteiger partial charge on any atom is -0.872 e. The van der Waals surface area contributed by atoms with Crippen molar-refractivity contribution in [2.24, 2.45) is 0 Å². The van der Waals surface area contributed by atoms with E-state index in [9.17, 15) is 23.1 Å². The first-order valence-electron chi connectivity index (χ1n) is 3.59. The van der Waals surface area contributed by atoms with Crippen LogP contribution in [0, 0.1) is 0 Å². The molecule has 0 fully saturated rings. The van der Waals surface area contributed by atoms with Crippen LogP contribution in [-0.4, -0.2) is 17.4 Å². The van der Waals surface area contributed by atoms with Gasteiger partial charge in [-0.25, -0.2) is 4.79 Å². The fourth-order valence-corrected chi connectivity index (χ4v) is 0.888. The second-order valence-corrected chi connectivity index (χ2v) is 2.55. The van der Waals surface area contributed by atoms with Gasteiger partial charge >= 0.3 is 12.3 Å². The van der Waals surface area contributed by atoms with Crippen LogP contribution in [-0.2, 0) is 0 Å². The average Bonchev–Trinajstić information content (AvgIpc) is 1.99. The van der Waals surface area contributed by atoms with Crippen molar-refractivity contribution in [3.63, 3.8) is 0 Å². The van der Waals surface area contributed by atoms with Gasteiger partial charge in [-0.3, -0.25) is 0 Å². The van der Waals surface area contributed by atoms with E-state index in [2.05, 4.69) is 4.74 Å². The second kappa shape index (κ2) is 3.68. The van der Waals surface area contributed by atoms with Crippen LogP contribution in [0.4, 0.5) is 13.2 Å². The van der Waals surface area contributed by atoms with E-state index < -0.39 is 29.4 Å². The lowest BCUT2D eigenvalue weighted by Gasteiger charge is -2.12. The molecule has 4 nitrogen and oxygen atoms in total. The van der Waals surface area contributed by atoms with Crippen molar-refractivity contribution in [3.05, 3.63) is 23.8 Å². The fraction of sp³-hybridized carbons (Fsp3) is 0.125. The summed E-state index contributed by atoms with van der Waals surface area (Å²) in [6, 6.07) is 1.88. The van der Waals surface area contributed by atoms with Crippen LogP contribution < -0.4 is 9.84 Å². The molecule has 82 valence electrons. The van der Waals surface area contributed by atoms with Gasteiger partial charge in [0.2, 0.25) is 0 Å². The number of carboxylic acids is 1. The fourth-order valence-electron chi connectivity index (χ4n) is 0.888. The summed E-state index contributed by atoms with van der Waals surface area (Å²) in [5.74, 6) is -3.21. The van der Waals surface area contributed by atoms with Crippen LogP contribution in [0.3, 0.4) is 0 Å². The Balaban J connectivity index is 3.04. The number of alkyl halides is 3. The van der Waals surface area contributed by atoms with Gasteiger partial charge in [-0.05, 0) is 12.1 Å². The zero-order valence-corrected chi connectivity index (χ0v) is 7.04. The van der Waals surface area contributed by atoms with Crippen molar-refractivity contribution in [3.8, 4) is 11.5 Å². The summed E-state index contributed by atoms with van der Waals surface area (Å²) in [7, 11) is 0. The Morgan fingerprint density at radius 3 is 2.40 bits per heavy atom. The molecule has 1 rings (SSSR count). The zero-order chi connectivity index (χ0) is 11.6. The molecule has 0 aliphatic heterocycles. The lowest BCUT2D eigenvalue weighted by Crippen LogP contribution is -2.17. The van der Waals surface area contributed by atoms with Crippen molar-refractivity contribution in [2.75, 3.05) is 0 Å². The molecule has 0 heterocycles. The normalized spacial score (nSPS) is 11.1. The van der Waals surface area contributed by atoms with E-state index >= 15 is 0 Å². The van der Waals surface area contributed by atoms with Gasteiger partial charge in [-0.2, -0.15) is 0 Å². The van der Waals surface area contributed by atoms with Crippen molar-refractivity contribution in [1.29, 1.82) is 0 Å². The average molecular weight is 221 g/mol. The SMILES string of the molecule is O=C(O)c1cc([O-])cc(OC(F)(F)F)c1. The van der Waals surface area contributed by atoms with Gasteiger partial charge < -0.3 is 14.9 Å². The summed E-state index contributed by atoms with van der Waals surface area (Å²) in [6.45, 7) is 0. The molecule has 1 N–H and O–H groups in total. The molecular formula is C8H4F3O4-. The molecule has 0 unspecified atom stereocenters. The monoisotopic (exact) mass is 221 g/mol. The van der Waals surface area contributed by atoms with E-state index in [1.807, 2.05) is 0 Å². The van der Waals surface area contributed by atoms with Crippen LogP contribution in [0.15, 0.2) is 18.2 Å². The quantitative estimate of drug-likeness (QED) is 0.818. The summed E-state index contributed by atoms with van der Waals surface area (Å²) >= 11 is 0. The minimum absolute atomic E-state index is 0.554. The van der Waals surface area contributed by atoms with Crippen LogP contribution in [0.1, 0.15) is 10.4 Å². The first kappa shape index (κ1) is 11.2. The van der Waals surface area contributed by atoms with Gasteiger partial charge in [0.15, 0.2) is 0 Å². The molecule has 0 atom stereocenters. The Morgan fingerprint density at radius 1 is 1.33 bits per heavy atom. The molecule has 7 heteroatoms. The number of carbonyl (C=O) groups is 1. The Labute approximate surface area is 81.5 Å². The highest BCUT2D eigenvalue weighted by Gasteiger charge is 2.31. The molecule has 0 saturated carbocycles. The molecule has 0 saturated heterocycles. The van der Waals surface area contributed by atoms with Crippen molar-refractivity contribution in [2.45, 2.75) is 6.36 Å². The topological polar surface area (TPSA) is 69.6 Å². The van der Waals surface area contributed by atoms with Crippen molar-refractivity contribution < 1.29 is 32.9 Å². The first-order valence-corrected chi connectivity index (χ1v) is 3.59. The number of ether oxygens (including phenoxy) is 1. The summed E-state index contributed by atoms with van der Waals surface area (Å²) in [6.07, 6.45) is -4.95. The van der Waals surface area contributed by atoms with Crippen LogP contribution >= 0.6 is 0 Å². The third-order valence-electron chi connectivity index (χ3n) is 1.36. The lowest BCUT2D eigenvalue weighted by atomic mass is 10.2. The highest BCUT2D eigenvalue weighted by molar-refractivity contribution is 5.88. The van der Waals surface area contributed by atoms with E-state index in [4.69, 9.17) is 5.11 Å². The predicted molar refractivity (Wildman–Crippen MR) is 39.5 cm³/mol. The molecule has 0 aliphatic carbocycles. The molecular weight excluding hydrogens is 217 g/mol. The number of benzene rings is 1. The smallest absolute Gasteiger partial charge is 0.573 e. The molecule has 0 amide bonds. The summed E-state index contributed by atoms with van der Waals surface area (Å²) in [4.78, 5) is 10.4. The van der Waals surface area contributed by atoms with E-state index in [1.165, 1.54) is 0 Å². The van der Waals surface area contributed by atoms with E-state index in [1.54, 1.807) is 0 Å². The number of halogens is 3. The molecule has 1 aromatic carbocycles. The third-order valence-corrected chi connectivity index (χ3v) is 1.36. The van der Waals surface area contributed by atoms with Crippen molar-refractivity contribution >= 4 is 5.97 Å². The lowest BCUT2D eigenvalue weighted by molar-refractivity contribution is -0.277. The number of hydrogen-bond acceptors (Lipinski definition) is 3. The maximum Gasteiger partial charge on any atom is 0.573 e. The third kappa shape index (κ3) is 3.37. The molecule has 0 aromatic heterocycles. The molecule has 0 radical (unpaired) electrons. The van der Waals surface area contributed by atoms with Gasteiger partial charge in [-0.15, -0.1) is 18.9 Å². The maximum atomic E-state index is 11.7. The Kier molecular flexibility index (Phi) is 2.74. The predicted octanol–water partition coefficient (Wildman–Crippen LogP) is 1.36. The van der Waals surface area contributed by atoms with Crippen LogP contribution in [0.25, 0.3) is 0 Å². The van der Waals surface area contributed by atoms with Gasteiger partial charge in [0, 0.05) is 0 Å². The largest absolute Gasteiger partial charge is 0.872 e. The van der Waals surface area contributed by atoms with Gasteiger partial charge in [0.05, 0.1) is 5.56 Å². The summed E-state index contributed by atoms with van der Waals surface area (Å²) < 4.78 is 38.6. The summed E-state index contributed by atoms with van der Waals surface area (Å²) in [5, 5.41) is 19.2. The standard InChI is InChI=1S/C8H5F3O4/c9-8(10,11)15-6-2-4(7(13)14)1-5(12)3-6/h1-3,12H,(H,13,14)/p-1. The molecule has 0 aliphatic rings. The number of rotatable bonds is 2. The highest BCUT2D eigenvalue weighted by atomic mass is 19.4. The van der Waals surface area contributed by atoms with Crippen LogP contribution in [0.5, 0.6) is 11.5 Å². The first-order chi connectivity index (χ1) is 6.78. The number of aromatic carboxylic acids is 1. The minimum atomic E-state index is -4.95. The van der Waals surface area contributed by atoms with Gasteiger partial charge in [0.25, 0.3) is 0 Å². The molecule has 0 bridgehead atoms. The van der Waals surface area contributed by atoms with E-state index in [-0.39, 0.29) is 0 Å². The Bertz CT molecular complexity index is 386. The van der Waals surface area contributed by atoms with E-state index in [0.717, 1.165) is 0 Å². The van der Waals surface area contributed by atoms with Gasteiger partial charge in [0.1, 0.15) is 5.75 Å². The number of hydrogen-bond donors (Lipinski definition) is 1. The van der Waals surface area contributed by atoms with Crippen LogP contribution in [0.2, 0.25) is 0 Å². The van der Waals surface area contributed by atoms with E-state index in [0.29, 0.717) is 18.2 Å². The second-order valence-electron chi connectivity index (χ2n) is 2.55. The molecule has 15 heavy (non-hydrogen) atoms. The Morgan fingerprint density at radius 2 is 1.93 bits per heavy atom. The van der Waals surface area contributed by atoms with Gasteiger partial charge in [-0.1, -0.05) is 6.07 Å². The zero-order valence-electron chi connectivity index (χ0n) is 7.04. The Hall–Kier alpha value is -1.92. The summed E-state index contributed by atoms with van der Waals surface area (Å²) in [5.41, 5.74) is -0.554. The molecule has 1 aromatic rings. The highest BCUT2D eigenvalue weighted by Crippen LogP contribution is 2.26. The van der Waals surface area contributed by atoms with Crippen molar-refractivity contribution in [1.82, 2.24) is 0 Å². The maximum absolute atomic E-state index is 11.7.